The third-order valence-electron chi connectivity index (χ3n) is 2.37. The Morgan fingerprint density at radius 2 is 1.55 bits per heavy atom. The van der Waals surface area contributed by atoms with Gasteiger partial charge in [0.2, 0.25) is 0 Å². The van der Waals surface area contributed by atoms with Gasteiger partial charge in [0.15, 0.2) is 0 Å². The molecule has 1 aromatic rings. The third kappa shape index (κ3) is 5.03. The average molecular weight is 321 g/mol. The number of alkyl halides is 3. The lowest BCUT2D eigenvalue weighted by Gasteiger charge is -2.20. The van der Waals surface area contributed by atoms with E-state index in [1.54, 1.807) is 20.8 Å². The summed E-state index contributed by atoms with van der Waals surface area (Å²) in [7, 11) is 1.02. The Labute approximate surface area is 126 Å². The van der Waals surface area contributed by atoms with Gasteiger partial charge in [0, 0.05) is 0 Å². The van der Waals surface area contributed by atoms with Crippen molar-refractivity contribution in [1.29, 1.82) is 0 Å². The second kappa shape index (κ2) is 6.78. The highest BCUT2D eigenvalue weighted by Gasteiger charge is 2.33. The monoisotopic (exact) mass is 321 g/mol. The van der Waals surface area contributed by atoms with Crippen molar-refractivity contribution >= 4 is 11.9 Å². The van der Waals surface area contributed by atoms with Crippen LogP contribution in [0, 0.1) is 0 Å². The molecule has 8 heteroatoms. The molecule has 0 aliphatic rings. The number of carbonyl (C=O) groups is 2. The summed E-state index contributed by atoms with van der Waals surface area (Å²) in [6.07, 6.45) is -4.63. The molecule has 1 rings (SSSR count). The summed E-state index contributed by atoms with van der Waals surface area (Å²) < 4.78 is 47.5. The van der Waals surface area contributed by atoms with Gasteiger partial charge in [-0.25, -0.2) is 9.59 Å². The lowest BCUT2D eigenvalue weighted by molar-refractivity contribution is -0.137. The standard InChI is InChI=1S/C14H15F3O4.H3N/c1-13(2,3)21-12(19)9-6-5-8(14(15,16)17)7-10(9)11(18)20-4;/h5-7H,1-4H3;1H3. The van der Waals surface area contributed by atoms with E-state index >= 15 is 0 Å². The zero-order valence-corrected chi connectivity index (χ0v) is 12.7. The summed E-state index contributed by atoms with van der Waals surface area (Å²) in [5.74, 6) is -1.93. The normalized spacial score (nSPS) is 11.4. The van der Waals surface area contributed by atoms with Crippen LogP contribution in [0.15, 0.2) is 18.2 Å². The second-order valence-corrected chi connectivity index (χ2v) is 5.25. The maximum Gasteiger partial charge on any atom is 0.416 e. The van der Waals surface area contributed by atoms with E-state index in [1.807, 2.05) is 0 Å². The van der Waals surface area contributed by atoms with E-state index in [2.05, 4.69) is 4.74 Å². The van der Waals surface area contributed by atoms with Gasteiger partial charge in [0.05, 0.1) is 23.8 Å². The van der Waals surface area contributed by atoms with Crippen molar-refractivity contribution in [3.63, 3.8) is 0 Å². The van der Waals surface area contributed by atoms with Crippen LogP contribution in [0.4, 0.5) is 13.2 Å². The van der Waals surface area contributed by atoms with Crippen molar-refractivity contribution < 1.29 is 32.2 Å². The Bertz CT molecular complexity index is 562. The molecule has 0 saturated carbocycles. The number of hydrogen-bond acceptors (Lipinski definition) is 5. The lowest BCUT2D eigenvalue weighted by atomic mass is 10.0. The van der Waals surface area contributed by atoms with Gasteiger partial charge in [-0.2, -0.15) is 13.2 Å². The van der Waals surface area contributed by atoms with Crippen molar-refractivity contribution in [3.05, 3.63) is 34.9 Å². The number of hydrogen-bond donors (Lipinski definition) is 1. The summed E-state index contributed by atoms with van der Waals surface area (Å²) in [5, 5.41) is 0. The highest BCUT2D eigenvalue weighted by molar-refractivity contribution is 6.03. The minimum Gasteiger partial charge on any atom is -0.465 e. The smallest absolute Gasteiger partial charge is 0.416 e. The molecule has 22 heavy (non-hydrogen) atoms. The predicted octanol–water partition coefficient (Wildman–Crippen LogP) is 3.61. The van der Waals surface area contributed by atoms with Gasteiger partial charge in [-0.05, 0) is 39.0 Å². The molecular weight excluding hydrogens is 303 g/mol. The van der Waals surface area contributed by atoms with Gasteiger partial charge in [0.25, 0.3) is 0 Å². The predicted molar refractivity (Wildman–Crippen MR) is 73.0 cm³/mol. The average Bonchev–Trinajstić information content (AvgIpc) is 2.34. The molecule has 0 aliphatic heterocycles. The van der Waals surface area contributed by atoms with E-state index in [0.29, 0.717) is 12.1 Å². The van der Waals surface area contributed by atoms with Crippen LogP contribution < -0.4 is 6.15 Å². The molecule has 0 unspecified atom stereocenters. The number of carbonyl (C=O) groups excluding carboxylic acids is 2. The molecule has 0 amide bonds. The van der Waals surface area contributed by atoms with E-state index in [-0.39, 0.29) is 11.7 Å². The largest absolute Gasteiger partial charge is 0.465 e. The van der Waals surface area contributed by atoms with Gasteiger partial charge < -0.3 is 15.6 Å². The van der Waals surface area contributed by atoms with Crippen LogP contribution in [0.3, 0.4) is 0 Å². The molecule has 5 nitrogen and oxygen atoms in total. The fourth-order valence-corrected chi connectivity index (χ4v) is 1.51. The van der Waals surface area contributed by atoms with Gasteiger partial charge in [-0.1, -0.05) is 0 Å². The highest BCUT2D eigenvalue weighted by atomic mass is 19.4. The Balaban J connectivity index is 0.00000441. The maximum atomic E-state index is 12.7. The topological polar surface area (TPSA) is 87.6 Å². The SMILES string of the molecule is COC(=O)c1cc(C(F)(F)F)ccc1C(=O)OC(C)(C)C.N. The lowest BCUT2D eigenvalue weighted by Crippen LogP contribution is -2.25. The van der Waals surface area contributed by atoms with Crippen LogP contribution in [0.25, 0.3) is 0 Å². The molecule has 0 heterocycles. The van der Waals surface area contributed by atoms with Gasteiger partial charge >= 0.3 is 18.1 Å². The van der Waals surface area contributed by atoms with E-state index in [0.717, 1.165) is 13.2 Å². The zero-order valence-electron chi connectivity index (χ0n) is 12.7. The molecule has 3 N–H and O–H groups in total. The summed E-state index contributed by atoms with van der Waals surface area (Å²) in [4.78, 5) is 23.5. The Kier molecular flexibility index (Phi) is 6.14. The molecule has 0 radical (unpaired) electrons. The first-order valence-corrected chi connectivity index (χ1v) is 5.98. The summed E-state index contributed by atoms with van der Waals surface area (Å²) >= 11 is 0. The number of benzene rings is 1. The number of rotatable bonds is 2. The molecule has 0 fully saturated rings. The second-order valence-electron chi connectivity index (χ2n) is 5.25. The van der Waals surface area contributed by atoms with E-state index < -0.39 is 34.8 Å². The van der Waals surface area contributed by atoms with Crippen LogP contribution in [-0.4, -0.2) is 24.6 Å². The molecule has 0 saturated heterocycles. The number of halogens is 3. The molecule has 0 spiro atoms. The molecule has 1 aromatic carbocycles. The Morgan fingerprint density at radius 1 is 1.00 bits per heavy atom. The third-order valence-corrected chi connectivity index (χ3v) is 2.37. The number of methoxy groups -OCH3 is 1. The Hall–Kier alpha value is -2.09. The summed E-state index contributed by atoms with van der Waals surface area (Å²) in [5.41, 5.74) is -2.64. The van der Waals surface area contributed by atoms with Gasteiger partial charge in [-0.3, -0.25) is 0 Å². The van der Waals surface area contributed by atoms with Crippen LogP contribution >= 0.6 is 0 Å². The van der Waals surface area contributed by atoms with Crippen LogP contribution in [-0.2, 0) is 15.7 Å². The van der Waals surface area contributed by atoms with E-state index in [1.165, 1.54) is 0 Å². The first kappa shape index (κ1) is 19.9. The zero-order chi connectivity index (χ0) is 16.4. The van der Waals surface area contributed by atoms with Gasteiger partial charge in [0.1, 0.15) is 5.60 Å². The molecule has 0 bridgehead atoms. The van der Waals surface area contributed by atoms with Crippen LogP contribution in [0.1, 0.15) is 47.1 Å². The van der Waals surface area contributed by atoms with Crippen molar-refractivity contribution in [2.24, 2.45) is 0 Å². The first-order valence-electron chi connectivity index (χ1n) is 5.98. The van der Waals surface area contributed by atoms with Crippen LogP contribution in [0.5, 0.6) is 0 Å². The molecule has 0 aromatic heterocycles. The Morgan fingerprint density at radius 3 is 1.95 bits per heavy atom. The fraction of sp³-hybridized carbons (Fsp3) is 0.429. The van der Waals surface area contributed by atoms with Crippen LogP contribution in [0.2, 0.25) is 0 Å². The molecule has 124 valence electrons. The van der Waals surface area contributed by atoms with Crippen molar-refractivity contribution in [1.82, 2.24) is 6.15 Å². The summed E-state index contributed by atoms with van der Waals surface area (Å²) in [6, 6.07) is 2.19. The quantitative estimate of drug-likeness (QED) is 0.841. The molecule has 0 aliphatic carbocycles. The van der Waals surface area contributed by atoms with E-state index in [4.69, 9.17) is 4.74 Å². The molecular formula is C14H18F3NO4. The van der Waals surface area contributed by atoms with Crippen molar-refractivity contribution in [3.8, 4) is 0 Å². The molecule has 0 atom stereocenters. The summed E-state index contributed by atoms with van der Waals surface area (Å²) in [6.45, 7) is 4.81. The van der Waals surface area contributed by atoms with Gasteiger partial charge in [-0.15, -0.1) is 0 Å². The minimum absolute atomic E-state index is 0. The number of ether oxygens (including phenoxy) is 2. The first-order chi connectivity index (χ1) is 9.45. The fourth-order valence-electron chi connectivity index (χ4n) is 1.51. The minimum atomic E-state index is -4.63. The maximum absolute atomic E-state index is 12.7. The van der Waals surface area contributed by atoms with Crippen molar-refractivity contribution in [2.45, 2.75) is 32.5 Å². The highest BCUT2D eigenvalue weighted by Crippen LogP contribution is 2.31. The van der Waals surface area contributed by atoms with E-state index in [9.17, 15) is 22.8 Å². The van der Waals surface area contributed by atoms with Crippen molar-refractivity contribution in [2.75, 3.05) is 7.11 Å². The number of esters is 2.